The summed E-state index contributed by atoms with van der Waals surface area (Å²) in [4.78, 5) is 0. The van der Waals surface area contributed by atoms with Gasteiger partial charge in [-0.15, -0.1) is 0 Å². The lowest BCUT2D eigenvalue weighted by Gasteiger charge is -2.09. The zero-order chi connectivity index (χ0) is 14.1. The van der Waals surface area contributed by atoms with E-state index in [1.54, 1.807) is 0 Å². The Balaban J connectivity index is 1.92. The number of aliphatic hydroxyl groups excluding tert-OH is 1. The molecular weight excluding hydrogens is 248 g/mol. The second-order valence-corrected chi connectivity index (χ2v) is 5.23. The largest absolute Gasteiger partial charge is 0.386 e. The molecule has 0 saturated heterocycles. The minimum atomic E-state index is -0.580. The normalized spacial score (nSPS) is 12.8. The van der Waals surface area contributed by atoms with Crippen LogP contribution in [-0.4, -0.2) is 14.9 Å². The maximum Gasteiger partial charge on any atom is 0.102 e. The highest BCUT2D eigenvalue weighted by Gasteiger charge is 2.16. The summed E-state index contributed by atoms with van der Waals surface area (Å²) in [7, 11) is 1.91. The molecule has 3 aromatic rings. The minimum absolute atomic E-state index is 0.580. The molecule has 0 spiro atoms. The smallest absolute Gasteiger partial charge is 0.102 e. The molecule has 1 aromatic heterocycles. The van der Waals surface area contributed by atoms with Crippen molar-refractivity contribution in [1.29, 1.82) is 0 Å². The van der Waals surface area contributed by atoms with Crippen LogP contribution in [0.25, 0.3) is 10.9 Å². The molecule has 2 aromatic carbocycles. The van der Waals surface area contributed by atoms with Crippen LogP contribution in [0.15, 0.2) is 48.5 Å². The summed E-state index contributed by atoms with van der Waals surface area (Å²) in [6.45, 7) is 2.06. The van der Waals surface area contributed by atoms with Crippen LogP contribution in [0.2, 0.25) is 0 Å². The van der Waals surface area contributed by atoms with E-state index in [1.165, 1.54) is 5.56 Å². The van der Waals surface area contributed by atoms with Gasteiger partial charge in [-0.25, -0.2) is 0 Å². The number of hydrogen-bond donors (Lipinski definition) is 1. The molecule has 20 heavy (non-hydrogen) atoms. The SMILES string of the molecule is Cc1ccc(CC(O)c2nn(C)c3ccccc23)cc1. The average molecular weight is 266 g/mol. The minimum Gasteiger partial charge on any atom is -0.386 e. The Morgan fingerprint density at radius 3 is 2.55 bits per heavy atom. The van der Waals surface area contributed by atoms with Gasteiger partial charge in [0.05, 0.1) is 11.2 Å². The van der Waals surface area contributed by atoms with Gasteiger partial charge < -0.3 is 5.11 Å². The summed E-state index contributed by atoms with van der Waals surface area (Å²) < 4.78 is 1.82. The standard InChI is InChI=1S/C17H18N2O/c1-12-7-9-13(10-8-12)11-16(20)17-14-5-3-4-6-15(14)19(2)18-17/h3-10,16,20H,11H2,1-2H3. The quantitative estimate of drug-likeness (QED) is 0.790. The molecule has 0 saturated carbocycles. The van der Waals surface area contributed by atoms with Crippen LogP contribution in [0.3, 0.4) is 0 Å². The molecule has 0 fully saturated rings. The van der Waals surface area contributed by atoms with E-state index in [9.17, 15) is 5.11 Å². The van der Waals surface area contributed by atoms with Gasteiger partial charge >= 0.3 is 0 Å². The van der Waals surface area contributed by atoms with Gasteiger partial charge in [-0.05, 0) is 18.6 Å². The molecule has 1 N–H and O–H groups in total. The van der Waals surface area contributed by atoms with Crippen LogP contribution in [0.1, 0.15) is 22.9 Å². The first-order chi connectivity index (χ1) is 9.65. The molecule has 3 rings (SSSR count). The van der Waals surface area contributed by atoms with Gasteiger partial charge in [0.2, 0.25) is 0 Å². The number of para-hydroxylation sites is 1. The molecule has 0 aliphatic rings. The van der Waals surface area contributed by atoms with Crippen LogP contribution in [-0.2, 0) is 13.5 Å². The lowest BCUT2D eigenvalue weighted by atomic mass is 10.0. The molecule has 0 aliphatic carbocycles. The van der Waals surface area contributed by atoms with Crippen LogP contribution in [0.4, 0.5) is 0 Å². The van der Waals surface area contributed by atoms with Crippen LogP contribution in [0, 0.1) is 6.92 Å². The first kappa shape index (κ1) is 12.9. The van der Waals surface area contributed by atoms with Gasteiger partial charge in [-0.1, -0.05) is 48.0 Å². The third-order valence-corrected chi connectivity index (χ3v) is 3.65. The maximum absolute atomic E-state index is 10.5. The van der Waals surface area contributed by atoms with Crippen LogP contribution in [0.5, 0.6) is 0 Å². The number of aryl methyl sites for hydroxylation is 2. The zero-order valence-electron chi connectivity index (χ0n) is 11.7. The molecule has 0 amide bonds. The molecule has 1 heterocycles. The highest BCUT2D eigenvalue weighted by atomic mass is 16.3. The van der Waals surface area contributed by atoms with E-state index in [4.69, 9.17) is 0 Å². The van der Waals surface area contributed by atoms with E-state index in [2.05, 4.69) is 36.3 Å². The van der Waals surface area contributed by atoms with E-state index in [0.717, 1.165) is 22.2 Å². The van der Waals surface area contributed by atoms with Crippen LogP contribution >= 0.6 is 0 Å². The molecule has 102 valence electrons. The first-order valence-corrected chi connectivity index (χ1v) is 6.80. The van der Waals surface area contributed by atoms with Gasteiger partial charge in [0.25, 0.3) is 0 Å². The van der Waals surface area contributed by atoms with E-state index < -0.39 is 6.10 Å². The summed E-state index contributed by atoms with van der Waals surface area (Å²) in [6, 6.07) is 16.2. The molecule has 1 atom stereocenters. The van der Waals surface area contributed by atoms with Crippen molar-refractivity contribution in [1.82, 2.24) is 9.78 Å². The Kier molecular flexibility index (Phi) is 3.28. The third-order valence-electron chi connectivity index (χ3n) is 3.65. The predicted octanol–water partition coefficient (Wildman–Crippen LogP) is 3.16. The number of nitrogens with zero attached hydrogens (tertiary/aromatic N) is 2. The van der Waals surface area contributed by atoms with Crippen molar-refractivity contribution < 1.29 is 5.11 Å². The molecule has 0 radical (unpaired) electrons. The monoisotopic (exact) mass is 266 g/mol. The first-order valence-electron chi connectivity index (χ1n) is 6.80. The molecule has 3 heteroatoms. The number of fused-ring (bicyclic) bond motifs is 1. The Morgan fingerprint density at radius 1 is 1.10 bits per heavy atom. The van der Waals surface area contributed by atoms with Crippen molar-refractivity contribution in [3.8, 4) is 0 Å². The molecule has 3 nitrogen and oxygen atoms in total. The number of aliphatic hydroxyl groups is 1. The summed E-state index contributed by atoms with van der Waals surface area (Å²) >= 11 is 0. The summed E-state index contributed by atoms with van der Waals surface area (Å²) in [6.07, 6.45) is 0.00480. The molecule has 1 unspecified atom stereocenters. The van der Waals surface area contributed by atoms with Crippen molar-refractivity contribution in [2.24, 2.45) is 7.05 Å². The third kappa shape index (κ3) is 2.32. The van der Waals surface area contributed by atoms with Gasteiger partial charge in [-0.2, -0.15) is 5.10 Å². The van der Waals surface area contributed by atoms with E-state index in [0.29, 0.717) is 6.42 Å². The van der Waals surface area contributed by atoms with E-state index in [1.807, 2.05) is 36.0 Å². The Bertz CT molecular complexity index is 728. The molecular formula is C17H18N2O. The Morgan fingerprint density at radius 2 is 1.80 bits per heavy atom. The van der Waals surface area contributed by atoms with E-state index >= 15 is 0 Å². The number of rotatable bonds is 3. The highest BCUT2D eigenvalue weighted by Crippen LogP contribution is 2.25. The fraction of sp³-hybridized carbons (Fsp3) is 0.235. The topological polar surface area (TPSA) is 38.1 Å². The maximum atomic E-state index is 10.5. The van der Waals surface area contributed by atoms with Gasteiger partial charge in [0.1, 0.15) is 6.10 Å². The van der Waals surface area contributed by atoms with Crippen molar-refractivity contribution in [3.63, 3.8) is 0 Å². The van der Waals surface area contributed by atoms with Gasteiger partial charge in [0.15, 0.2) is 0 Å². The predicted molar refractivity (Wildman–Crippen MR) is 80.6 cm³/mol. The Hall–Kier alpha value is -2.13. The highest BCUT2D eigenvalue weighted by molar-refractivity contribution is 5.82. The lowest BCUT2D eigenvalue weighted by molar-refractivity contribution is 0.174. The van der Waals surface area contributed by atoms with Crippen molar-refractivity contribution in [2.75, 3.05) is 0 Å². The lowest BCUT2D eigenvalue weighted by Crippen LogP contribution is -2.04. The molecule has 0 bridgehead atoms. The van der Waals surface area contributed by atoms with Gasteiger partial charge in [-0.3, -0.25) is 4.68 Å². The van der Waals surface area contributed by atoms with Gasteiger partial charge in [0, 0.05) is 18.9 Å². The van der Waals surface area contributed by atoms with Crippen LogP contribution < -0.4 is 0 Å². The molecule has 0 aliphatic heterocycles. The van der Waals surface area contributed by atoms with Crippen molar-refractivity contribution in [2.45, 2.75) is 19.4 Å². The number of aromatic nitrogens is 2. The number of hydrogen-bond acceptors (Lipinski definition) is 2. The zero-order valence-corrected chi connectivity index (χ0v) is 11.7. The second-order valence-electron chi connectivity index (χ2n) is 5.23. The summed E-state index contributed by atoms with van der Waals surface area (Å²) in [5, 5.41) is 16.0. The second kappa shape index (κ2) is 5.10. The summed E-state index contributed by atoms with van der Waals surface area (Å²) in [5.74, 6) is 0. The number of benzene rings is 2. The Labute approximate surface area is 118 Å². The average Bonchev–Trinajstić information content (AvgIpc) is 2.79. The summed E-state index contributed by atoms with van der Waals surface area (Å²) in [5.41, 5.74) is 4.15. The van der Waals surface area contributed by atoms with E-state index in [-0.39, 0.29) is 0 Å². The van der Waals surface area contributed by atoms with Crippen molar-refractivity contribution >= 4 is 10.9 Å². The van der Waals surface area contributed by atoms with Crippen molar-refractivity contribution in [3.05, 3.63) is 65.4 Å². The fourth-order valence-electron chi connectivity index (χ4n) is 2.53. The fourth-order valence-corrected chi connectivity index (χ4v) is 2.53.